The summed E-state index contributed by atoms with van der Waals surface area (Å²) in [7, 11) is 0. The highest BCUT2D eigenvalue weighted by atomic mass is 19.4. The van der Waals surface area contributed by atoms with E-state index < -0.39 is 12.8 Å². The van der Waals surface area contributed by atoms with Gasteiger partial charge in [-0.05, 0) is 30.6 Å². The van der Waals surface area contributed by atoms with Gasteiger partial charge < -0.3 is 4.74 Å². The van der Waals surface area contributed by atoms with E-state index in [2.05, 4.69) is 18.6 Å². The van der Waals surface area contributed by atoms with Gasteiger partial charge in [0, 0.05) is 6.61 Å². The molecule has 4 heteroatoms. The van der Waals surface area contributed by atoms with Gasteiger partial charge in [0.1, 0.15) is 6.61 Å². The first-order chi connectivity index (χ1) is 7.31. The zero-order valence-corrected chi connectivity index (χ0v) is 10.1. The third kappa shape index (κ3) is 4.73. The summed E-state index contributed by atoms with van der Waals surface area (Å²) in [5.41, 5.74) is 0.264. The topological polar surface area (TPSA) is 9.23 Å². The molecule has 0 aromatic carbocycles. The van der Waals surface area contributed by atoms with Crippen LogP contribution in [-0.2, 0) is 4.74 Å². The van der Waals surface area contributed by atoms with Gasteiger partial charge in [0.15, 0.2) is 0 Å². The molecule has 0 aliphatic heterocycles. The Morgan fingerprint density at radius 2 is 1.94 bits per heavy atom. The predicted octanol–water partition coefficient (Wildman–Crippen LogP) is 4.17. The van der Waals surface area contributed by atoms with E-state index in [0.717, 1.165) is 12.8 Å². The minimum absolute atomic E-state index is 0.230. The molecule has 0 radical (unpaired) electrons. The maximum Gasteiger partial charge on any atom is 0.411 e. The summed E-state index contributed by atoms with van der Waals surface area (Å²) < 4.78 is 40.2. The van der Waals surface area contributed by atoms with Crippen molar-refractivity contribution in [3.63, 3.8) is 0 Å². The molecule has 16 heavy (non-hydrogen) atoms. The fourth-order valence-corrected chi connectivity index (χ4v) is 2.51. The summed E-state index contributed by atoms with van der Waals surface area (Å²) in [6.45, 7) is 3.54. The highest BCUT2D eigenvalue weighted by molar-refractivity contribution is 4.82. The van der Waals surface area contributed by atoms with Crippen LogP contribution in [0.5, 0.6) is 0 Å². The molecule has 1 nitrogen and oxygen atoms in total. The van der Waals surface area contributed by atoms with Crippen LogP contribution >= 0.6 is 0 Å². The van der Waals surface area contributed by atoms with Gasteiger partial charge in [-0.25, -0.2) is 0 Å². The minimum atomic E-state index is -4.19. The zero-order valence-electron chi connectivity index (χ0n) is 10.1. The van der Waals surface area contributed by atoms with Crippen molar-refractivity contribution < 1.29 is 17.9 Å². The lowest BCUT2D eigenvalue weighted by Gasteiger charge is -2.38. The number of halogens is 3. The Labute approximate surface area is 95.4 Å². The lowest BCUT2D eigenvalue weighted by Crippen LogP contribution is -2.29. The Hall–Kier alpha value is -0.250. The second-order valence-electron chi connectivity index (χ2n) is 5.39. The smallest absolute Gasteiger partial charge is 0.372 e. The Morgan fingerprint density at radius 1 is 1.25 bits per heavy atom. The van der Waals surface area contributed by atoms with Gasteiger partial charge in [-0.2, -0.15) is 13.2 Å². The van der Waals surface area contributed by atoms with Crippen LogP contribution in [0, 0.1) is 11.3 Å². The second kappa shape index (κ2) is 5.39. The molecule has 0 aromatic rings. The van der Waals surface area contributed by atoms with E-state index >= 15 is 0 Å². The Balaban J connectivity index is 2.21. The lowest BCUT2D eigenvalue weighted by atomic mass is 9.68. The van der Waals surface area contributed by atoms with Gasteiger partial charge in [-0.15, -0.1) is 0 Å². The standard InChI is InChI=1S/C12H21F3O/c1-11(2)7-4-3-5-10(11)6-8-16-9-12(13,14)15/h10H,3-9H2,1-2H3. The van der Waals surface area contributed by atoms with E-state index in [9.17, 15) is 13.2 Å². The predicted molar refractivity (Wildman–Crippen MR) is 57.2 cm³/mol. The fourth-order valence-electron chi connectivity index (χ4n) is 2.51. The van der Waals surface area contributed by atoms with Crippen molar-refractivity contribution in [1.82, 2.24) is 0 Å². The van der Waals surface area contributed by atoms with E-state index in [1.807, 2.05) is 0 Å². The van der Waals surface area contributed by atoms with Gasteiger partial charge in [0.05, 0.1) is 0 Å². The Kier molecular flexibility index (Phi) is 4.65. The largest absolute Gasteiger partial charge is 0.411 e. The monoisotopic (exact) mass is 238 g/mol. The van der Waals surface area contributed by atoms with Crippen molar-refractivity contribution in [3.05, 3.63) is 0 Å². The summed E-state index contributed by atoms with van der Waals surface area (Å²) >= 11 is 0. The maximum absolute atomic E-state index is 11.8. The molecule has 0 heterocycles. The number of hydrogen-bond donors (Lipinski definition) is 0. The second-order valence-corrected chi connectivity index (χ2v) is 5.39. The first kappa shape index (κ1) is 13.8. The molecule has 0 amide bonds. The highest BCUT2D eigenvalue weighted by Crippen LogP contribution is 2.42. The van der Waals surface area contributed by atoms with E-state index in [0.29, 0.717) is 5.92 Å². The molecule has 1 aliphatic carbocycles. The van der Waals surface area contributed by atoms with Crippen molar-refractivity contribution in [3.8, 4) is 0 Å². The first-order valence-electron chi connectivity index (χ1n) is 5.96. The minimum Gasteiger partial charge on any atom is -0.372 e. The lowest BCUT2D eigenvalue weighted by molar-refractivity contribution is -0.175. The average Bonchev–Trinajstić information content (AvgIpc) is 2.12. The number of alkyl halides is 3. The van der Waals surface area contributed by atoms with Crippen molar-refractivity contribution >= 4 is 0 Å². The van der Waals surface area contributed by atoms with Gasteiger partial charge in [-0.3, -0.25) is 0 Å². The number of hydrogen-bond acceptors (Lipinski definition) is 1. The third-order valence-corrected chi connectivity index (χ3v) is 3.61. The van der Waals surface area contributed by atoms with Gasteiger partial charge in [-0.1, -0.05) is 26.7 Å². The molecule has 0 spiro atoms. The van der Waals surface area contributed by atoms with Gasteiger partial charge in [0.2, 0.25) is 0 Å². The van der Waals surface area contributed by atoms with E-state index in [1.54, 1.807) is 0 Å². The van der Waals surface area contributed by atoms with Crippen LogP contribution < -0.4 is 0 Å². The van der Waals surface area contributed by atoms with Gasteiger partial charge >= 0.3 is 6.18 Å². The fraction of sp³-hybridized carbons (Fsp3) is 1.00. The molecule has 0 aromatic heterocycles. The summed E-state index contributed by atoms with van der Waals surface area (Å²) in [6.07, 6.45) is 1.31. The third-order valence-electron chi connectivity index (χ3n) is 3.61. The van der Waals surface area contributed by atoms with Crippen LogP contribution in [0.3, 0.4) is 0 Å². The normalized spacial score (nSPS) is 25.7. The van der Waals surface area contributed by atoms with Crippen LogP contribution in [0.2, 0.25) is 0 Å². The Morgan fingerprint density at radius 3 is 2.50 bits per heavy atom. The molecule has 1 rings (SSSR count). The van der Waals surface area contributed by atoms with Gasteiger partial charge in [0.25, 0.3) is 0 Å². The molecule has 0 saturated heterocycles. The first-order valence-corrected chi connectivity index (χ1v) is 5.96. The summed E-state index contributed by atoms with van der Waals surface area (Å²) in [4.78, 5) is 0. The van der Waals surface area contributed by atoms with E-state index in [1.165, 1.54) is 19.3 Å². The Bertz CT molecular complexity index is 211. The van der Waals surface area contributed by atoms with Crippen molar-refractivity contribution in [2.45, 2.75) is 52.1 Å². The molecule has 1 atom stereocenters. The molecular formula is C12H21F3O. The molecule has 1 aliphatic rings. The quantitative estimate of drug-likeness (QED) is 0.668. The van der Waals surface area contributed by atoms with Crippen LogP contribution in [0.15, 0.2) is 0 Å². The summed E-state index contributed by atoms with van der Waals surface area (Å²) in [6, 6.07) is 0. The van der Waals surface area contributed by atoms with Crippen molar-refractivity contribution in [2.24, 2.45) is 11.3 Å². The van der Waals surface area contributed by atoms with Crippen molar-refractivity contribution in [2.75, 3.05) is 13.2 Å². The summed E-state index contributed by atoms with van der Waals surface area (Å²) in [5.74, 6) is 0.509. The van der Waals surface area contributed by atoms with E-state index in [-0.39, 0.29) is 12.0 Å². The average molecular weight is 238 g/mol. The zero-order chi connectivity index (χ0) is 12.2. The maximum atomic E-state index is 11.8. The molecule has 1 unspecified atom stereocenters. The SMILES string of the molecule is CC1(C)CCCCC1CCOCC(F)(F)F. The molecule has 0 N–H and O–H groups in total. The molecule has 1 saturated carbocycles. The number of ether oxygens (including phenoxy) is 1. The van der Waals surface area contributed by atoms with Crippen LogP contribution in [0.25, 0.3) is 0 Å². The van der Waals surface area contributed by atoms with Crippen LogP contribution in [0.4, 0.5) is 13.2 Å². The van der Waals surface area contributed by atoms with Crippen molar-refractivity contribution in [1.29, 1.82) is 0 Å². The molecule has 1 fully saturated rings. The molecular weight excluding hydrogens is 217 g/mol. The van der Waals surface area contributed by atoms with E-state index in [4.69, 9.17) is 0 Å². The van der Waals surface area contributed by atoms with Crippen LogP contribution in [0.1, 0.15) is 46.0 Å². The number of rotatable bonds is 4. The van der Waals surface area contributed by atoms with Crippen LogP contribution in [-0.4, -0.2) is 19.4 Å². The highest BCUT2D eigenvalue weighted by Gasteiger charge is 2.32. The summed E-state index contributed by atoms with van der Waals surface area (Å²) in [5, 5.41) is 0. The molecule has 0 bridgehead atoms. The molecule has 96 valence electrons.